The summed E-state index contributed by atoms with van der Waals surface area (Å²) in [6.07, 6.45) is 7.39. The SMILES string of the molecule is C=CCCCCC(=O)OCC(NC(=O)C(CC=C)CC(=O)N1CCCC1CO)C(=O)Nc1ccc2ccccc2c1. The number of hydrogen-bond donors (Lipinski definition) is 3. The Kier molecular flexibility index (Phi) is 12.6. The van der Waals surface area contributed by atoms with E-state index >= 15 is 0 Å². The van der Waals surface area contributed by atoms with Gasteiger partial charge in [0, 0.05) is 25.1 Å². The Labute approximate surface area is 241 Å². The normalized spacial score (nSPS) is 16.0. The molecule has 0 bridgehead atoms. The predicted molar refractivity (Wildman–Crippen MR) is 159 cm³/mol. The molecule has 3 amide bonds. The highest BCUT2D eigenvalue weighted by Crippen LogP contribution is 2.22. The highest BCUT2D eigenvalue weighted by atomic mass is 16.5. The number of carbonyl (C=O) groups excluding carboxylic acids is 4. The van der Waals surface area contributed by atoms with E-state index in [4.69, 9.17) is 4.74 Å². The number of carbonyl (C=O) groups is 4. The van der Waals surface area contributed by atoms with Crippen LogP contribution in [0, 0.1) is 5.92 Å². The van der Waals surface area contributed by atoms with Crippen molar-refractivity contribution in [2.24, 2.45) is 5.92 Å². The Morgan fingerprint density at radius 2 is 1.83 bits per heavy atom. The van der Waals surface area contributed by atoms with E-state index in [0.717, 1.165) is 36.5 Å². The average Bonchev–Trinajstić information content (AvgIpc) is 3.46. The van der Waals surface area contributed by atoms with Crippen molar-refractivity contribution in [3.8, 4) is 0 Å². The maximum Gasteiger partial charge on any atom is 0.305 e. The van der Waals surface area contributed by atoms with Crippen LogP contribution in [-0.2, 0) is 23.9 Å². The maximum absolute atomic E-state index is 13.4. The van der Waals surface area contributed by atoms with Crippen LogP contribution in [0.25, 0.3) is 10.8 Å². The van der Waals surface area contributed by atoms with Gasteiger partial charge in [0.2, 0.25) is 11.8 Å². The molecule has 3 unspecified atom stereocenters. The number of hydrogen-bond acceptors (Lipinski definition) is 6. The van der Waals surface area contributed by atoms with Crippen molar-refractivity contribution in [2.75, 3.05) is 25.1 Å². The molecule has 9 heteroatoms. The highest BCUT2D eigenvalue weighted by Gasteiger charge is 2.32. The predicted octanol–water partition coefficient (Wildman–Crippen LogP) is 4.12. The number of benzene rings is 2. The standard InChI is InChI=1S/C32H41N3O6/c1-3-5-6-7-15-30(38)41-22-28(32(40)33-26-17-16-23-12-8-9-13-24(23)19-26)34-31(39)25(11-4-2)20-29(37)35-18-10-14-27(35)21-36/h3-4,8-9,12-13,16-17,19,25,27-28,36H,1-2,5-7,10-11,14-15,18,20-22H2,(H,33,40)(H,34,39). The van der Waals surface area contributed by atoms with Crippen molar-refractivity contribution in [2.45, 2.75) is 63.5 Å². The average molecular weight is 564 g/mol. The quantitative estimate of drug-likeness (QED) is 0.160. The summed E-state index contributed by atoms with van der Waals surface area (Å²) in [4.78, 5) is 53.6. The minimum Gasteiger partial charge on any atom is -0.463 e. The second-order valence-corrected chi connectivity index (χ2v) is 10.3. The molecule has 1 heterocycles. The fourth-order valence-electron chi connectivity index (χ4n) is 4.94. The summed E-state index contributed by atoms with van der Waals surface area (Å²) >= 11 is 0. The van der Waals surface area contributed by atoms with Gasteiger partial charge in [0.15, 0.2) is 0 Å². The van der Waals surface area contributed by atoms with Gasteiger partial charge in [-0.25, -0.2) is 0 Å². The number of allylic oxidation sites excluding steroid dienone is 2. The van der Waals surface area contributed by atoms with Gasteiger partial charge in [-0.05, 0) is 61.4 Å². The van der Waals surface area contributed by atoms with Crippen LogP contribution >= 0.6 is 0 Å². The van der Waals surface area contributed by atoms with Gasteiger partial charge in [-0.15, -0.1) is 13.2 Å². The van der Waals surface area contributed by atoms with Gasteiger partial charge in [0.05, 0.1) is 18.6 Å². The van der Waals surface area contributed by atoms with Gasteiger partial charge in [-0.3, -0.25) is 19.2 Å². The lowest BCUT2D eigenvalue weighted by Gasteiger charge is -2.26. The maximum atomic E-state index is 13.4. The van der Waals surface area contributed by atoms with Gasteiger partial charge in [-0.1, -0.05) is 42.5 Å². The molecule has 0 saturated carbocycles. The van der Waals surface area contributed by atoms with E-state index in [2.05, 4.69) is 23.8 Å². The molecule has 1 aliphatic heterocycles. The Hall–Kier alpha value is -3.98. The zero-order valence-corrected chi connectivity index (χ0v) is 23.6. The van der Waals surface area contributed by atoms with E-state index in [0.29, 0.717) is 18.7 Å². The Morgan fingerprint density at radius 3 is 2.56 bits per heavy atom. The number of amides is 3. The molecule has 0 radical (unpaired) electrons. The number of unbranched alkanes of at least 4 members (excludes halogenated alkanes) is 2. The molecular weight excluding hydrogens is 522 g/mol. The number of nitrogens with zero attached hydrogens (tertiary/aromatic N) is 1. The van der Waals surface area contributed by atoms with E-state index in [1.165, 1.54) is 0 Å². The molecule has 1 fully saturated rings. The van der Waals surface area contributed by atoms with Crippen LogP contribution in [0.1, 0.15) is 51.4 Å². The summed E-state index contributed by atoms with van der Waals surface area (Å²) in [5, 5.41) is 17.1. The van der Waals surface area contributed by atoms with Crippen molar-refractivity contribution in [1.82, 2.24) is 10.2 Å². The van der Waals surface area contributed by atoms with Gasteiger partial charge < -0.3 is 25.4 Å². The van der Waals surface area contributed by atoms with Gasteiger partial charge in [0.25, 0.3) is 5.91 Å². The molecule has 41 heavy (non-hydrogen) atoms. The van der Waals surface area contributed by atoms with Crippen molar-refractivity contribution < 1.29 is 29.0 Å². The topological polar surface area (TPSA) is 125 Å². The Balaban J connectivity index is 1.70. The molecule has 1 aliphatic rings. The van der Waals surface area contributed by atoms with Gasteiger partial charge in [0.1, 0.15) is 12.6 Å². The number of likely N-dealkylation sites (tertiary alicyclic amines) is 1. The third-order valence-electron chi connectivity index (χ3n) is 7.25. The summed E-state index contributed by atoms with van der Waals surface area (Å²) in [6, 6.07) is 11.8. The van der Waals surface area contributed by atoms with Crippen molar-refractivity contribution in [3.63, 3.8) is 0 Å². The zero-order valence-electron chi connectivity index (χ0n) is 23.6. The largest absolute Gasteiger partial charge is 0.463 e. The molecule has 0 aromatic heterocycles. The fraction of sp³-hybridized carbons (Fsp3) is 0.438. The van der Waals surface area contributed by atoms with Crippen LogP contribution in [0.15, 0.2) is 67.8 Å². The molecule has 1 saturated heterocycles. The first-order chi connectivity index (χ1) is 19.9. The Bertz CT molecular complexity index is 1230. The second-order valence-electron chi connectivity index (χ2n) is 10.3. The summed E-state index contributed by atoms with van der Waals surface area (Å²) in [5.41, 5.74) is 0.533. The first-order valence-corrected chi connectivity index (χ1v) is 14.2. The van der Waals surface area contributed by atoms with Gasteiger partial charge in [-0.2, -0.15) is 0 Å². The molecule has 2 aromatic rings. The minimum absolute atomic E-state index is 0.0868. The molecule has 9 nitrogen and oxygen atoms in total. The van der Waals surface area contributed by atoms with E-state index in [-0.39, 0.29) is 44.4 Å². The molecule has 3 atom stereocenters. The zero-order chi connectivity index (χ0) is 29.6. The lowest BCUT2D eigenvalue weighted by molar-refractivity contribution is -0.146. The van der Waals surface area contributed by atoms with Crippen molar-refractivity contribution >= 4 is 40.2 Å². The summed E-state index contributed by atoms with van der Waals surface area (Å²) in [5.74, 6) is -2.53. The van der Waals surface area contributed by atoms with Crippen LogP contribution < -0.4 is 10.6 Å². The number of ether oxygens (including phenoxy) is 1. The van der Waals surface area contributed by atoms with E-state index in [1.54, 1.807) is 23.1 Å². The number of aliphatic hydroxyl groups is 1. The third-order valence-corrected chi connectivity index (χ3v) is 7.25. The van der Waals surface area contributed by atoms with E-state index in [9.17, 15) is 24.3 Å². The number of nitrogens with one attached hydrogen (secondary N) is 2. The number of rotatable bonds is 16. The molecule has 3 rings (SSSR count). The number of aliphatic hydroxyl groups excluding tert-OH is 1. The molecule has 0 spiro atoms. The number of fused-ring (bicyclic) bond motifs is 1. The fourth-order valence-corrected chi connectivity index (χ4v) is 4.94. The van der Waals surface area contributed by atoms with Crippen LogP contribution in [-0.4, -0.2) is 65.5 Å². The smallest absolute Gasteiger partial charge is 0.305 e. The molecule has 3 N–H and O–H groups in total. The number of esters is 1. The van der Waals surface area contributed by atoms with Crippen LogP contribution in [0.5, 0.6) is 0 Å². The third kappa shape index (κ3) is 9.56. The first kappa shape index (κ1) is 31.5. The van der Waals surface area contributed by atoms with Crippen LogP contribution in [0.4, 0.5) is 5.69 Å². The molecule has 0 aliphatic carbocycles. The summed E-state index contributed by atoms with van der Waals surface area (Å²) in [6.45, 7) is 7.44. The van der Waals surface area contributed by atoms with Crippen LogP contribution in [0.2, 0.25) is 0 Å². The first-order valence-electron chi connectivity index (χ1n) is 14.2. The highest BCUT2D eigenvalue weighted by molar-refractivity contribution is 5.99. The van der Waals surface area contributed by atoms with E-state index in [1.807, 2.05) is 36.4 Å². The lowest BCUT2D eigenvalue weighted by atomic mass is 9.98. The minimum atomic E-state index is -1.18. The van der Waals surface area contributed by atoms with Crippen LogP contribution in [0.3, 0.4) is 0 Å². The van der Waals surface area contributed by atoms with Gasteiger partial charge >= 0.3 is 5.97 Å². The monoisotopic (exact) mass is 563 g/mol. The molecule has 2 aromatic carbocycles. The molecular formula is C32H41N3O6. The molecule has 220 valence electrons. The van der Waals surface area contributed by atoms with Crippen molar-refractivity contribution in [1.29, 1.82) is 0 Å². The second kappa shape index (κ2) is 16.3. The lowest BCUT2D eigenvalue weighted by Crippen LogP contribution is -2.49. The van der Waals surface area contributed by atoms with Crippen molar-refractivity contribution in [3.05, 3.63) is 67.8 Å². The summed E-state index contributed by atoms with van der Waals surface area (Å²) < 4.78 is 5.38. The Morgan fingerprint density at radius 1 is 1.05 bits per heavy atom. The number of anilines is 1. The summed E-state index contributed by atoms with van der Waals surface area (Å²) in [7, 11) is 0. The van der Waals surface area contributed by atoms with E-state index < -0.39 is 29.7 Å².